The molecule has 0 saturated carbocycles. The molecule has 0 spiro atoms. The SMILES string of the molecule is c1ccc(-c2coc(C[C@@H]3CCCN3)n2)cc1. The number of hydrogen-bond acceptors (Lipinski definition) is 3. The Labute approximate surface area is 101 Å². The third-order valence-electron chi connectivity index (χ3n) is 3.20. The second kappa shape index (κ2) is 4.72. The number of rotatable bonds is 3. The zero-order valence-electron chi connectivity index (χ0n) is 9.73. The summed E-state index contributed by atoms with van der Waals surface area (Å²) in [5, 5.41) is 3.45. The Morgan fingerprint density at radius 1 is 1.29 bits per heavy atom. The quantitative estimate of drug-likeness (QED) is 0.877. The van der Waals surface area contributed by atoms with E-state index in [0.717, 1.165) is 30.1 Å². The molecule has 0 radical (unpaired) electrons. The molecule has 1 saturated heterocycles. The lowest BCUT2D eigenvalue weighted by Gasteiger charge is -2.05. The van der Waals surface area contributed by atoms with Gasteiger partial charge in [-0.25, -0.2) is 4.98 Å². The Kier molecular flexibility index (Phi) is 2.92. The molecule has 0 amide bonds. The van der Waals surface area contributed by atoms with Crippen molar-refractivity contribution in [3.63, 3.8) is 0 Å². The van der Waals surface area contributed by atoms with Crippen LogP contribution < -0.4 is 5.32 Å². The molecule has 1 aromatic heterocycles. The summed E-state index contributed by atoms with van der Waals surface area (Å²) >= 11 is 0. The Bertz CT molecular complexity index is 472. The molecule has 0 aliphatic carbocycles. The van der Waals surface area contributed by atoms with E-state index in [2.05, 4.69) is 22.4 Å². The molecule has 1 aromatic carbocycles. The molecule has 2 aromatic rings. The average molecular weight is 228 g/mol. The molecule has 1 atom stereocenters. The van der Waals surface area contributed by atoms with E-state index >= 15 is 0 Å². The van der Waals surface area contributed by atoms with Gasteiger partial charge in [-0.1, -0.05) is 30.3 Å². The maximum absolute atomic E-state index is 5.53. The summed E-state index contributed by atoms with van der Waals surface area (Å²) in [7, 11) is 0. The van der Waals surface area contributed by atoms with Crippen molar-refractivity contribution in [3.8, 4) is 11.3 Å². The van der Waals surface area contributed by atoms with Gasteiger partial charge in [0.2, 0.25) is 0 Å². The Morgan fingerprint density at radius 3 is 2.94 bits per heavy atom. The third kappa shape index (κ3) is 2.39. The Balaban J connectivity index is 1.74. The van der Waals surface area contributed by atoms with Crippen LogP contribution in [-0.2, 0) is 6.42 Å². The third-order valence-corrected chi connectivity index (χ3v) is 3.20. The van der Waals surface area contributed by atoms with E-state index in [1.54, 1.807) is 6.26 Å². The fourth-order valence-electron chi connectivity index (χ4n) is 2.29. The van der Waals surface area contributed by atoms with Gasteiger partial charge in [-0.3, -0.25) is 0 Å². The molecule has 3 nitrogen and oxygen atoms in total. The first-order chi connectivity index (χ1) is 8.42. The largest absolute Gasteiger partial charge is 0.448 e. The van der Waals surface area contributed by atoms with Crippen LogP contribution in [0.15, 0.2) is 41.0 Å². The van der Waals surface area contributed by atoms with Crippen molar-refractivity contribution in [2.24, 2.45) is 0 Å². The fraction of sp³-hybridized carbons (Fsp3) is 0.357. The first-order valence-electron chi connectivity index (χ1n) is 6.15. The van der Waals surface area contributed by atoms with Crippen LogP contribution in [0.25, 0.3) is 11.3 Å². The second-order valence-corrected chi connectivity index (χ2v) is 4.49. The molecule has 1 aliphatic heterocycles. The maximum atomic E-state index is 5.53. The second-order valence-electron chi connectivity index (χ2n) is 4.49. The van der Waals surface area contributed by atoms with Gasteiger partial charge in [-0.15, -0.1) is 0 Å². The highest BCUT2D eigenvalue weighted by atomic mass is 16.3. The lowest BCUT2D eigenvalue weighted by atomic mass is 10.1. The van der Waals surface area contributed by atoms with Gasteiger partial charge in [0, 0.05) is 18.0 Å². The number of nitrogens with one attached hydrogen (secondary N) is 1. The van der Waals surface area contributed by atoms with Crippen LogP contribution in [0.2, 0.25) is 0 Å². The summed E-state index contributed by atoms with van der Waals surface area (Å²) in [6.45, 7) is 1.12. The van der Waals surface area contributed by atoms with E-state index in [1.807, 2.05) is 18.2 Å². The molecule has 2 heterocycles. The summed E-state index contributed by atoms with van der Waals surface area (Å²) in [6, 6.07) is 10.7. The van der Waals surface area contributed by atoms with E-state index in [4.69, 9.17) is 4.42 Å². The Morgan fingerprint density at radius 2 is 2.18 bits per heavy atom. The van der Waals surface area contributed by atoms with Gasteiger partial charge in [0.1, 0.15) is 12.0 Å². The molecule has 1 fully saturated rings. The zero-order chi connectivity index (χ0) is 11.5. The van der Waals surface area contributed by atoms with E-state index in [1.165, 1.54) is 12.8 Å². The highest BCUT2D eigenvalue weighted by molar-refractivity contribution is 5.57. The van der Waals surface area contributed by atoms with Crippen LogP contribution in [0.3, 0.4) is 0 Å². The minimum absolute atomic E-state index is 0.539. The van der Waals surface area contributed by atoms with Crippen molar-refractivity contribution in [1.82, 2.24) is 10.3 Å². The van der Waals surface area contributed by atoms with E-state index < -0.39 is 0 Å². The lowest BCUT2D eigenvalue weighted by molar-refractivity contribution is 0.456. The zero-order valence-corrected chi connectivity index (χ0v) is 9.73. The van der Waals surface area contributed by atoms with Crippen molar-refractivity contribution in [3.05, 3.63) is 42.5 Å². The molecule has 3 heteroatoms. The van der Waals surface area contributed by atoms with Crippen molar-refractivity contribution in [1.29, 1.82) is 0 Å². The standard InChI is InChI=1S/C14H16N2O/c1-2-5-11(6-3-1)13-10-17-14(16-13)9-12-7-4-8-15-12/h1-3,5-6,10,12,15H,4,7-9H2/t12-/m0/s1. The van der Waals surface area contributed by atoms with Crippen LogP contribution in [0, 0.1) is 0 Å². The molecule has 0 bridgehead atoms. The van der Waals surface area contributed by atoms with Crippen LogP contribution in [-0.4, -0.2) is 17.6 Å². The van der Waals surface area contributed by atoms with Crippen molar-refractivity contribution in [2.75, 3.05) is 6.54 Å². The average Bonchev–Trinajstić information content (AvgIpc) is 3.02. The topological polar surface area (TPSA) is 38.1 Å². The number of nitrogens with zero attached hydrogens (tertiary/aromatic N) is 1. The molecule has 0 unspecified atom stereocenters. The molecule has 3 rings (SSSR count). The molecule has 17 heavy (non-hydrogen) atoms. The molecule has 1 aliphatic rings. The van der Waals surface area contributed by atoms with Gasteiger partial charge in [-0.2, -0.15) is 0 Å². The normalized spacial score (nSPS) is 19.6. The van der Waals surface area contributed by atoms with Gasteiger partial charge in [0.05, 0.1) is 0 Å². The lowest BCUT2D eigenvalue weighted by Crippen LogP contribution is -2.23. The molecule has 1 N–H and O–H groups in total. The van der Waals surface area contributed by atoms with E-state index in [-0.39, 0.29) is 0 Å². The van der Waals surface area contributed by atoms with E-state index in [0.29, 0.717) is 6.04 Å². The van der Waals surface area contributed by atoms with Crippen molar-refractivity contribution < 1.29 is 4.42 Å². The van der Waals surface area contributed by atoms with Crippen LogP contribution in [0.4, 0.5) is 0 Å². The number of hydrogen-bond donors (Lipinski definition) is 1. The summed E-state index contributed by atoms with van der Waals surface area (Å²) in [6.07, 6.45) is 5.13. The van der Waals surface area contributed by atoms with Crippen molar-refractivity contribution >= 4 is 0 Å². The number of aromatic nitrogens is 1. The summed E-state index contributed by atoms with van der Waals surface area (Å²) in [4.78, 5) is 4.54. The van der Waals surface area contributed by atoms with Gasteiger partial charge in [0.15, 0.2) is 5.89 Å². The molecular formula is C14H16N2O. The highest BCUT2D eigenvalue weighted by Gasteiger charge is 2.17. The van der Waals surface area contributed by atoms with Gasteiger partial charge < -0.3 is 9.73 Å². The predicted molar refractivity (Wildman–Crippen MR) is 66.7 cm³/mol. The van der Waals surface area contributed by atoms with Crippen LogP contribution in [0.5, 0.6) is 0 Å². The highest BCUT2D eigenvalue weighted by Crippen LogP contribution is 2.19. The Hall–Kier alpha value is -1.61. The molecule has 88 valence electrons. The molecular weight excluding hydrogens is 212 g/mol. The first kappa shape index (κ1) is 10.5. The smallest absolute Gasteiger partial charge is 0.196 e. The minimum atomic E-state index is 0.539. The maximum Gasteiger partial charge on any atom is 0.196 e. The van der Waals surface area contributed by atoms with Gasteiger partial charge in [0.25, 0.3) is 0 Å². The van der Waals surface area contributed by atoms with Gasteiger partial charge >= 0.3 is 0 Å². The minimum Gasteiger partial charge on any atom is -0.448 e. The fourth-order valence-corrected chi connectivity index (χ4v) is 2.29. The first-order valence-corrected chi connectivity index (χ1v) is 6.15. The summed E-state index contributed by atoms with van der Waals surface area (Å²) < 4.78 is 5.53. The van der Waals surface area contributed by atoms with E-state index in [9.17, 15) is 0 Å². The number of benzene rings is 1. The van der Waals surface area contributed by atoms with Crippen LogP contribution >= 0.6 is 0 Å². The van der Waals surface area contributed by atoms with Gasteiger partial charge in [-0.05, 0) is 19.4 Å². The van der Waals surface area contributed by atoms with Crippen LogP contribution in [0.1, 0.15) is 18.7 Å². The monoisotopic (exact) mass is 228 g/mol. The number of oxazole rings is 1. The predicted octanol–water partition coefficient (Wildman–Crippen LogP) is 2.64. The summed E-state index contributed by atoms with van der Waals surface area (Å²) in [5.41, 5.74) is 2.04. The van der Waals surface area contributed by atoms with Crippen molar-refractivity contribution in [2.45, 2.75) is 25.3 Å². The summed E-state index contributed by atoms with van der Waals surface area (Å²) in [5.74, 6) is 0.836.